The van der Waals surface area contributed by atoms with Crippen LogP contribution in [0.4, 0.5) is 4.79 Å². The molecule has 0 saturated carbocycles. The normalized spacial score (nSPS) is 22.7. The minimum absolute atomic E-state index is 0.0793. The summed E-state index contributed by atoms with van der Waals surface area (Å²) >= 11 is 0. The van der Waals surface area contributed by atoms with E-state index in [0.29, 0.717) is 26.2 Å². The van der Waals surface area contributed by atoms with Gasteiger partial charge in [-0.1, -0.05) is 18.2 Å². The monoisotopic (exact) mass is 452 g/mol. The summed E-state index contributed by atoms with van der Waals surface area (Å²) in [6.45, 7) is 3.51. The fraction of sp³-hybridized carbons (Fsp3) is 0.520. The molecular weight excluding hydrogens is 420 g/mol. The van der Waals surface area contributed by atoms with Crippen molar-refractivity contribution in [2.45, 2.75) is 50.7 Å². The number of carboxylic acids is 1. The number of ether oxygens (including phenoxy) is 1. The number of aliphatic carboxylic acids is 1. The maximum Gasteiger partial charge on any atom is 0.320 e. The smallest absolute Gasteiger partial charge is 0.320 e. The van der Waals surface area contributed by atoms with Crippen LogP contribution in [-0.2, 0) is 11.2 Å². The Morgan fingerprint density at radius 1 is 1.24 bits per heavy atom. The van der Waals surface area contributed by atoms with Crippen LogP contribution in [0.25, 0.3) is 0 Å². The number of nitrogens with one attached hydrogen (secondary N) is 2. The van der Waals surface area contributed by atoms with E-state index in [1.54, 1.807) is 4.90 Å². The van der Waals surface area contributed by atoms with Crippen LogP contribution in [0.3, 0.4) is 0 Å². The Labute approximate surface area is 194 Å². The second kappa shape index (κ2) is 9.47. The Morgan fingerprint density at radius 3 is 3.03 bits per heavy atom. The number of carboxylic acid groups (broad SMARTS) is 1. The number of fused-ring (bicyclic) bond motifs is 2. The lowest BCUT2D eigenvalue weighted by molar-refractivity contribution is -0.138. The molecule has 8 nitrogen and oxygen atoms in total. The minimum atomic E-state index is -0.910. The Morgan fingerprint density at radius 2 is 2.15 bits per heavy atom. The summed E-state index contributed by atoms with van der Waals surface area (Å²) in [5.41, 5.74) is 4.57. The predicted octanol–water partition coefficient (Wildman–Crippen LogP) is 2.78. The molecule has 0 aliphatic carbocycles. The van der Waals surface area contributed by atoms with Crippen LogP contribution in [0.5, 0.6) is 5.75 Å². The number of hydrogen-bond acceptors (Lipinski definition) is 5. The third kappa shape index (κ3) is 4.71. The zero-order valence-corrected chi connectivity index (χ0v) is 18.9. The first-order chi connectivity index (χ1) is 16.1. The number of rotatable bonds is 8. The van der Waals surface area contributed by atoms with Gasteiger partial charge in [0.2, 0.25) is 0 Å². The van der Waals surface area contributed by atoms with E-state index in [0.717, 1.165) is 49.1 Å². The fourth-order valence-corrected chi connectivity index (χ4v) is 5.26. The largest absolute Gasteiger partial charge is 0.493 e. The summed E-state index contributed by atoms with van der Waals surface area (Å²) in [6, 6.07) is 5.28. The molecule has 1 aromatic carbocycles. The van der Waals surface area contributed by atoms with E-state index in [9.17, 15) is 14.7 Å². The molecule has 2 fully saturated rings. The van der Waals surface area contributed by atoms with E-state index in [4.69, 9.17) is 4.74 Å². The van der Waals surface area contributed by atoms with Gasteiger partial charge in [0.1, 0.15) is 5.75 Å². The topological polar surface area (TPSA) is 94.1 Å². The van der Waals surface area contributed by atoms with Crippen molar-refractivity contribution in [1.29, 1.82) is 0 Å². The molecule has 33 heavy (non-hydrogen) atoms. The van der Waals surface area contributed by atoms with Gasteiger partial charge >= 0.3 is 12.0 Å². The molecule has 0 radical (unpaired) electrons. The van der Waals surface area contributed by atoms with E-state index in [-0.39, 0.29) is 18.6 Å². The molecule has 1 unspecified atom stereocenters. The van der Waals surface area contributed by atoms with E-state index < -0.39 is 12.0 Å². The van der Waals surface area contributed by atoms with Crippen molar-refractivity contribution in [2.75, 3.05) is 32.8 Å². The van der Waals surface area contributed by atoms with Gasteiger partial charge in [-0.15, -0.1) is 0 Å². The summed E-state index contributed by atoms with van der Waals surface area (Å²) in [4.78, 5) is 28.3. The molecule has 4 aliphatic rings. The van der Waals surface area contributed by atoms with Gasteiger partial charge < -0.3 is 25.0 Å². The first-order valence-corrected chi connectivity index (χ1v) is 12.0. The number of hydrogen-bond donors (Lipinski definition) is 3. The van der Waals surface area contributed by atoms with Crippen LogP contribution in [-0.4, -0.2) is 65.9 Å². The van der Waals surface area contributed by atoms with Gasteiger partial charge in [0, 0.05) is 31.8 Å². The zero-order chi connectivity index (χ0) is 22.8. The zero-order valence-electron chi connectivity index (χ0n) is 18.9. The lowest BCUT2D eigenvalue weighted by atomic mass is 9.99. The van der Waals surface area contributed by atoms with Gasteiger partial charge in [-0.25, -0.2) is 4.79 Å². The summed E-state index contributed by atoms with van der Waals surface area (Å²) in [7, 11) is 0. The number of dihydropyridines is 1. The van der Waals surface area contributed by atoms with Gasteiger partial charge in [-0.2, -0.15) is 0 Å². The highest BCUT2D eigenvalue weighted by molar-refractivity contribution is 5.78. The lowest BCUT2D eigenvalue weighted by Crippen LogP contribution is -2.47. The molecule has 5 rings (SSSR count). The van der Waals surface area contributed by atoms with Crippen LogP contribution in [0.1, 0.15) is 49.3 Å². The average molecular weight is 453 g/mol. The molecule has 176 valence electrons. The second-order valence-electron chi connectivity index (χ2n) is 9.21. The maximum absolute atomic E-state index is 13.2. The molecule has 0 spiro atoms. The first-order valence-electron chi connectivity index (χ1n) is 12.0. The molecule has 2 saturated heterocycles. The number of allylic oxidation sites excluding steroid dienone is 3. The summed E-state index contributed by atoms with van der Waals surface area (Å²) < 4.78 is 5.67. The molecule has 0 bridgehead atoms. The number of benzene rings is 1. The van der Waals surface area contributed by atoms with Crippen LogP contribution in [0.15, 0.2) is 41.6 Å². The van der Waals surface area contributed by atoms with E-state index in [1.165, 1.54) is 17.7 Å². The molecule has 2 amide bonds. The number of amides is 2. The molecular formula is C25H32N4O4. The number of piperidine rings is 1. The van der Waals surface area contributed by atoms with Crippen molar-refractivity contribution in [3.63, 3.8) is 0 Å². The number of urea groups is 1. The van der Waals surface area contributed by atoms with Crippen molar-refractivity contribution >= 4 is 12.0 Å². The van der Waals surface area contributed by atoms with Crippen molar-refractivity contribution in [1.82, 2.24) is 20.4 Å². The second-order valence-corrected chi connectivity index (χ2v) is 9.21. The summed E-state index contributed by atoms with van der Waals surface area (Å²) in [6.07, 6.45) is 9.46. The Balaban J connectivity index is 1.20. The van der Waals surface area contributed by atoms with Crippen LogP contribution in [0, 0.1) is 0 Å². The van der Waals surface area contributed by atoms with Crippen molar-refractivity contribution < 1.29 is 19.4 Å². The highest BCUT2D eigenvalue weighted by Gasteiger charge is 2.36. The van der Waals surface area contributed by atoms with Crippen LogP contribution < -0.4 is 15.4 Å². The van der Waals surface area contributed by atoms with Gasteiger partial charge in [0.05, 0.1) is 25.2 Å². The Kier molecular flexibility index (Phi) is 6.26. The summed E-state index contributed by atoms with van der Waals surface area (Å²) in [5.74, 6) is -0.101. The minimum Gasteiger partial charge on any atom is -0.493 e. The highest BCUT2D eigenvalue weighted by Crippen LogP contribution is 2.34. The average Bonchev–Trinajstić information content (AvgIpc) is 3.43. The van der Waals surface area contributed by atoms with E-state index in [2.05, 4.69) is 22.8 Å². The van der Waals surface area contributed by atoms with Gasteiger partial charge in [-0.05, 0) is 61.1 Å². The third-order valence-corrected chi connectivity index (χ3v) is 7.04. The SMILES string of the molecule is O=C(O)C[C@H](c1ccc2c(c1)OCC2)N1CCN(CCCC2=CC=C3CCCNC3N2)C1=O. The quantitative estimate of drug-likeness (QED) is 0.562. The molecule has 4 heterocycles. The first kappa shape index (κ1) is 21.8. The number of nitrogens with zero attached hydrogens (tertiary/aromatic N) is 2. The van der Waals surface area contributed by atoms with Gasteiger partial charge in [0.25, 0.3) is 0 Å². The third-order valence-electron chi connectivity index (χ3n) is 7.04. The van der Waals surface area contributed by atoms with Crippen molar-refractivity contribution in [3.8, 4) is 5.75 Å². The predicted molar refractivity (Wildman–Crippen MR) is 124 cm³/mol. The highest BCUT2D eigenvalue weighted by atomic mass is 16.5. The van der Waals surface area contributed by atoms with Crippen LogP contribution in [0.2, 0.25) is 0 Å². The molecule has 1 aromatic rings. The molecule has 8 heteroatoms. The molecule has 4 aliphatic heterocycles. The molecule has 2 atom stereocenters. The molecule has 0 aromatic heterocycles. The molecule has 3 N–H and O–H groups in total. The Bertz CT molecular complexity index is 989. The number of carbonyl (C=O) groups excluding carboxylic acids is 1. The van der Waals surface area contributed by atoms with Crippen molar-refractivity contribution in [3.05, 3.63) is 52.7 Å². The summed E-state index contributed by atoms with van der Waals surface area (Å²) in [5, 5.41) is 16.6. The lowest BCUT2D eigenvalue weighted by Gasteiger charge is -2.32. The van der Waals surface area contributed by atoms with E-state index >= 15 is 0 Å². The van der Waals surface area contributed by atoms with Crippen molar-refractivity contribution in [2.24, 2.45) is 0 Å². The standard InChI is InChI=1S/C25H32N4O4/c30-23(31)16-21(19-6-5-17-9-14-33-22(17)15-19)29-13-12-28(25(29)32)11-2-4-20-8-7-18-3-1-10-26-24(18)27-20/h5-8,15,21,24,26-27H,1-4,9-14,16H2,(H,30,31)/t21-,24?/m1/s1. The van der Waals surface area contributed by atoms with Crippen LogP contribution >= 0.6 is 0 Å². The fourth-order valence-electron chi connectivity index (χ4n) is 5.26. The van der Waals surface area contributed by atoms with Gasteiger partial charge in [-0.3, -0.25) is 10.1 Å². The van der Waals surface area contributed by atoms with Gasteiger partial charge in [0.15, 0.2) is 0 Å². The maximum atomic E-state index is 13.2. The Hall–Kier alpha value is -3.00. The number of carbonyl (C=O) groups is 2. The van der Waals surface area contributed by atoms with E-state index in [1.807, 2.05) is 23.1 Å².